The standard InChI is InChI=1S/C12H13N5O3/c1-2-13-9(18)7-17-11(8-5-3-4-6-14-8)10(12(19)20)15-16-17/h3-6H,2,7H2,1H3,(H,13,18)(H,19,20). The van der Waals surface area contributed by atoms with Gasteiger partial charge in [0.2, 0.25) is 5.91 Å². The van der Waals surface area contributed by atoms with E-state index >= 15 is 0 Å². The quantitative estimate of drug-likeness (QED) is 0.805. The second-order valence-corrected chi connectivity index (χ2v) is 3.92. The molecule has 104 valence electrons. The first kappa shape index (κ1) is 13.7. The summed E-state index contributed by atoms with van der Waals surface area (Å²) in [6, 6.07) is 5.07. The molecule has 1 amide bonds. The molecule has 0 bridgehead atoms. The Morgan fingerprint density at radius 2 is 2.20 bits per heavy atom. The Balaban J connectivity index is 2.43. The third-order valence-corrected chi connectivity index (χ3v) is 2.51. The smallest absolute Gasteiger partial charge is 0.358 e. The largest absolute Gasteiger partial charge is 0.476 e. The Kier molecular flexibility index (Phi) is 4.04. The molecule has 0 aliphatic rings. The van der Waals surface area contributed by atoms with Gasteiger partial charge in [0.1, 0.15) is 12.2 Å². The monoisotopic (exact) mass is 275 g/mol. The van der Waals surface area contributed by atoms with Crippen LogP contribution >= 0.6 is 0 Å². The third kappa shape index (κ3) is 2.79. The zero-order chi connectivity index (χ0) is 14.5. The molecule has 2 rings (SSSR count). The maximum Gasteiger partial charge on any atom is 0.358 e. The van der Waals surface area contributed by atoms with Crippen molar-refractivity contribution < 1.29 is 14.7 Å². The van der Waals surface area contributed by atoms with Crippen LogP contribution in [-0.4, -0.2) is 43.5 Å². The fourth-order valence-corrected chi connectivity index (χ4v) is 1.71. The van der Waals surface area contributed by atoms with Gasteiger partial charge in [0.15, 0.2) is 5.69 Å². The first-order valence-electron chi connectivity index (χ1n) is 5.98. The number of carboxylic acid groups (broad SMARTS) is 1. The lowest BCUT2D eigenvalue weighted by atomic mass is 10.2. The van der Waals surface area contributed by atoms with Crippen LogP contribution in [0.2, 0.25) is 0 Å². The van der Waals surface area contributed by atoms with Gasteiger partial charge in [-0.1, -0.05) is 11.3 Å². The highest BCUT2D eigenvalue weighted by atomic mass is 16.4. The molecule has 2 heterocycles. The second kappa shape index (κ2) is 5.91. The number of nitrogens with one attached hydrogen (secondary N) is 1. The summed E-state index contributed by atoms with van der Waals surface area (Å²) >= 11 is 0. The van der Waals surface area contributed by atoms with Gasteiger partial charge in [-0.3, -0.25) is 9.78 Å². The molecule has 8 heteroatoms. The van der Waals surface area contributed by atoms with E-state index in [0.29, 0.717) is 12.2 Å². The highest BCUT2D eigenvalue weighted by Gasteiger charge is 2.22. The van der Waals surface area contributed by atoms with Crippen LogP contribution in [0.25, 0.3) is 11.4 Å². The van der Waals surface area contributed by atoms with Crippen LogP contribution < -0.4 is 5.32 Å². The summed E-state index contributed by atoms with van der Waals surface area (Å²) in [5.74, 6) is -1.49. The lowest BCUT2D eigenvalue weighted by Crippen LogP contribution is -2.28. The zero-order valence-electron chi connectivity index (χ0n) is 10.8. The Hall–Kier alpha value is -2.77. The van der Waals surface area contributed by atoms with Crippen molar-refractivity contribution in [2.24, 2.45) is 0 Å². The number of carbonyl (C=O) groups is 2. The molecular weight excluding hydrogens is 262 g/mol. The van der Waals surface area contributed by atoms with Gasteiger partial charge in [-0.15, -0.1) is 5.10 Å². The van der Waals surface area contributed by atoms with E-state index < -0.39 is 5.97 Å². The van der Waals surface area contributed by atoms with E-state index in [-0.39, 0.29) is 23.8 Å². The van der Waals surface area contributed by atoms with Gasteiger partial charge in [-0.25, -0.2) is 9.48 Å². The average molecular weight is 275 g/mol. The number of amides is 1. The summed E-state index contributed by atoms with van der Waals surface area (Å²) in [4.78, 5) is 26.9. The van der Waals surface area contributed by atoms with Gasteiger partial charge in [0, 0.05) is 12.7 Å². The van der Waals surface area contributed by atoms with E-state index in [2.05, 4.69) is 20.6 Å². The maximum absolute atomic E-state index is 11.6. The summed E-state index contributed by atoms with van der Waals surface area (Å²) in [7, 11) is 0. The van der Waals surface area contributed by atoms with Gasteiger partial charge in [-0.05, 0) is 19.1 Å². The summed E-state index contributed by atoms with van der Waals surface area (Å²) in [5, 5.41) is 19.1. The predicted molar refractivity (Wildman–Crippen MR) is 68.9 cm³/mol. The molecule has 2 aromatic rings. The molecule has 0 aromatic carbocycles. The van der Waals surface area contributed by atoms with Crippen LogP contribution in [0.5, 0.6) is 0 Å². The number of nitrogens with zero attached hydrogens (tertiary/aromatic N) is 4. The topological polar surface area (TPSA) is 110 Å². The number of carbonyl (C=O) groups excluding carboxylic acids is 1. The molecule has 2 aromatic heterocycles. The number of pyridine rings is 1. The van der Waals surface area contributed by atoms with Crippen molar-refractivity contribution in [2.75, 3.05) is 6.54 Å². The van der Waals surface area contributed by atoms with E-state index in [4.69, 9.17) is 5.11 Å². The van der Waals surface area contributed by atoms with Gasteiger partial charge in [0.25, 0.3) is 0 Å². The number of hydrogen-bond donors (Lipinski definition) is 2. The lowest BCUT2D eigenvalue weighted by molar-refractivity contribution is -0.121. The lowest BCUT2D eigenvalue weighted by Gasteiger charge is -2.06. The first-order chi connectivity index (χ1) is 9.63. The Morgan fingerprint density at radius 3 is 2.80 bits per heavy atom. The minimum atomic E-state index is -1.21. The van der Waals surface area contributed by atoms with Crippen molar-refractivity contribution in [1.29, 1.82) is 0 Å². The summed E-state index contributed by atoms with van der Waals surface area (Å²) in [5.41, 5.74) is 0.386. The normalized spacial score (nSPS) is 10.2. The second-order valence-electron chi connectivity index (χ2n) is 3.92. The van der Waals surface area contributed by atoms with E-state index in [1.807, 2.05) is 0 Å². The van der Waals surface area contributed by atoms with E-state index in [0.717, 1.165) is 0 Å². The Morgan fingerprint density at radius 1 is 1.40 bits per heavy atom. The van der Waals surface area contributed by atoms with Gasteiger partial charge >= 0.3 is 5.97 Å². The average Bonchev–Trinajstić information content (AvgIpc) is 2.83. The summed E-state index contributed by atoms with van der Waals surface area (Å²) in [6.07, 6.45) is 1.53. The highest BCUT2D eigenvalue weighted by Crippen LogP contribution is 2.19. The number of rotatable bonds is 5. The fourth-order valence-electron chi connectivity index (χ4n) is 1.71. The molecule has 0 unspecified atom stereocenters. The van der Waals surface area contributed by atoms with Gasteiger partial charge < -0.3 is 10.4 Å². The summed E-state index contributed by atoms with van der Waals surface area (Å²) in [6.45, 7) is 2.17. The summed E-state index contributed by atoms with van der Waals surface area (Å²) < 4.78 is 1.23. The van der Waals surface area contributed by atoms with Crippen molar-refractivity contribution in [3.8, 4) is 11.4 Å². The number of aromatic nitrogens is 4. The molecule has 20 heavy (non-hydrogen) atoms. The Labute approximate surface area is 114 Å². The van der Waals surface area contributed by atoms with E-state index in [1.165, 1.54) is 10.9 Å². The van der Waals surface area contributed by atoms with Gasteiger partial charge in [0.05, 0.1) is 5.69 Å². The van der Waals surface area contributed by atoms with Crippen LogP contribution in [0.1, 0.15) is 17.4 Å². The van der Waals surface area contributed by atoms with Crippen LogP contribution in [-0.2, 0) is 11.3 Å². The zero-order valence-corrected chi connectivity index (χ0v) is 10.8. The van der Waals surface area contributed by atoms with Gasteiger partial charge in [-0.2, -0.15) is 0 Å². The molecule has 0 radical (unpaired) electrons. The third-order valence-electron chi connectivity index (χ3n) is 2.51. The SMILES string of the molecule is CCNC(=O)Cn1nnc(C(=O)O)c1-c1ccccn1. The highest BCUT2D eigenvalue weighted by molar-refractivity contribution is 5.92. The van der Waals surface area contributed by atoms with Crippen molar-refractivity contribution in [3.05, 3.63) is 30.1 Å². The molecule has 0 saturated heterocycles. The maximum atomic E-state index is 11.6. The van der Waals surface area contributed by atoms with E-state index in [9.17, 15) is 9.59 Å². The predicted octanol–water partition coefficient (Wildman–Crippen LogP) is 0.174. The first-order valence-corrected chi connectivity index (χ1v) is 5.98. The Bertz CT molecular complexity index is 623. The van der Waals surface area contributed by atoms with Crippen molar-refractivity contribution in [3.63, 3.8) is 0 Å². The van der Waals surface area contributed by atoms with Crippen LogP contribution in [0, 0.1) is 0 Å². The molecule has 0 fully saturated rings. The number of aromatic carboxylic acids is 1. The number of carboxylic acids is 1. The minimum Gasteiger partial charge on any atom is -0.476 e. The molecule has 0 spiro atoms. The van der Waals surface area contributed by atoms with E-state index in [1.54, 1.807) is 25.1 Å². The molecule has 0 aliphatic heterocycles. The minimum absolute atomic E-state index is 0.111. The van der Waals surface area contributed by atoms with Crippen molar-refractivity contribution >= 4 is 11.9 Å². The number of hydrogen-bond acceptors (Lipinski definition) is 5. The van der Waals surface area contributed by atoms with Crippen LogP contribution in [0.15, 0.2) is 24.4 Å². The van der Waals surface area contributed by atoms with Crippen molar-refractivity contribution in [1.82, 2.24) is 25.3 Å². The molecular formula is C12H13N5O3. The molecule has 0 saturated carbocycles. The molecule has 2 N–H and O–H groups in total. The number of likely N-dealkylation sites (N-methyl/N-ethyl adjacent to an activating group) is 1. The molecule has 0 aliphatic carbocycles. The molecule has 8 nitrogen and oxygen atoms in total. The molecule has 0 atom stereocenters. The van der Waals surface area contributed by atoms with Crippen LogP contribution in [0.4, 0.5) is 0 Å². The fraction of sp³-hybridized carbons (Fsp3) is 0.250. The van der Waals surface area contributed by atoms with Crippen LogP contribution in [0.3, 0.4) is 0 Å². The van der Waals surface area contributed by atoms with Crippen molar-refractivity contribution in [2.45, 2.75) is 13.5 Å².